The van der Waals surface area contributed by atoms with Crippen molar-refractivity contribution < 1.29 is 4.79 Å². The van der Waals surface area contributed by atoms with Crippen molar-refractivity contribution in [2.75, 3.05) is 19.6 Å². The van der Waals surface area contributed by atoms with Gasteiger partial charge in [0.15, 0.2) is 0 Å². The first-order valence-corrected chi connectivity index (χ1v) is 8.14. The zero-order chi connectivity index (χ0) is 14.8. The van der Waals surface area contributed by atoms with Gasteiger partial charge in [-0.2, -0.15) is 5.10 Å². The van der Waals surface area contributed by atoms with Crippen molar-refractivity contribution in [1.29, 1.82) is 0 Å². The predicted octanol–water partition coefficient (Wildman–Crippen LogP) is 1.44. The number of hydrogen-bond donors (Lipinski definition) is 0. The zero-order valence-electron chi connectivity index (χ0n) is 13.2. The van der Waals surface area contributed by atoms with Crippen LogP contribution < -0.4 is 0 Å². The van der Waals surface area contributed by atoms with Crippen molar-refractivity contribution in [3.8, 4) is 0 Å². The van der Waals surface area contributed by atoms with Gasteiger partial charge in [-0.05, 0) is 38.3 Å². The van der Waals surface area contributed by atoms with Crippen molar-refractivity contribution in [1.82, 2.24) is 19.6 Å². The van der Waals surface area contributed by atoms with Gasteiger partial charge in [-0.1, -0.05) is 6.42 Å². The van der Waals surface area contributed by atoms with E-state index in [0.29, 0.717) is 24.4 Å². The number of piperidine rings is 1. The number of carbonyl (C=O) groups is 1. The molecule has 0 unspecified atom stereocenters. The highest BCUT2D eigenvalue weighted by Gasteiger charge is 2.36. The third kappa shape index (κ3) is 3.28. The van der Waals surface area contributed by atoms with E-state index in [1.165, 1.54) is 25.8 Å². The summed E-state index contributed by atoms with van der Waals surface area (Å²) in [5.74, 6) is 0.291. The molecule has 3 heterocycles. The zero-order valence-corrected chi connectivity index (χ0v) is 13.2. The standard InChI is InChI=1S/C16H26N4O/c1-13-5-3-4-8-20(13)15-11-19(12-15)16(21)7-6-14-9-17-18(2)10-14/h9-10,13,15H,3-8,11-12H2,1-2H3/t13-/m1/s1. The Hall–Kier alpha value is -1.36. The van der Waals surface area contributed by atoms with E-state index in [4.69, 9.17) is 0 Å². The van der Waals surface area contributed by atoms with Crippen LogP contribution in [0.1, 0.15) is 38.2 Å². The minimum Gasteiger partial charge on any atom is -0.339 e. The molecular weight excluding hydrogens is 264 g/mol. The fourth-order valence-corrected chi connectivity index (χ4v) is 3.54. The maximum Gasteiger partial charge on any atom is 0.223 e. The Labute approximate surface area is 126 Å². The first-order chi connectivity index (χ1) is 10.1. The van der Waals surface area contributed by atoms with Crippen LogP contribution in [0.4, 0.5) is 0 Å². The van der Waals surface area contributed by atoms with E-state index in [1.54, 1.807) is 4.68 Å². The summed E-state index contributed by atoms with van der Waals surface area (Å²) in [5.41, 5.74) is 1.15. The van der Waals surface area contributed by atoms with E-state index in [1.807, 2.05) is 24.3 Å². The Bertz CT molecular complexity index is 492. The number of hydrogen-bond acceptors (Lipinski definition) is 3. The molecule has 1 atom stereocenters. The molecule has 0 bridgehead atoms. The largest absolute Gasteiger partial charge is 0.339 e. The number of amides is 1. The van der Waals surface area contributed by atoms with Crippen LogP contribution in [-0.2, 0) is 18.3 Å². The summed E-state index contributed by atoms with van der Waals surface area (Å²) >= 11 is 0. The monoisotopic (exact) mass is 290 g/mol. The third-order valence-corrected chi connectivity index (χ3v) is 4.92. The Morgan fingerprint density at radius 3 is 2.86 bits per heavy atom. The van der Waals surface area contributed by atoms with Crippen LogP contribution in [-0.4, -0.2) is 57.2 Å². The van der Waals surface area contributed by atoms with E-state index in [-0.39, 0.29) is 0 Å². The number of carbonyl (C=O) groups excluding carboxylic acids is 1. The van der Waals surface area contributed by atoms with Crippen molar-refractivity contribution in [3.05, 3.63) is 18.0 Å². The summed E-state index contributed by atoms with van der Waals surface area (Å²) in [6.07, 6.45) is 9.23. The molecule has 0 aliphatic carbocycles. The summed E-state index contributed by atoms with van der Waals surface area (Å²) in [6, 6.07) is 1.29. The molecule has 2 aliphatic rings. The Morgan fingerprint density at radius 2 is 2.19 bits per heavy atom. The predicted molar refractivity (Wildman–Crippen MR) is 81.9 cm³/mol. The van der Waals surface area contributed by atoms with Crippen LogP contribution >= 0.6 is 0 Å². The molecule has 0 radical (unpaired) electrons. The van der Waals surface area contributed by atoms with Gasteiger partial charge in [-0.15, -0.1) is 0 Å². The van der Waals surface area contributed by atoms with Gasteiger partial charge >= 0.3 is 0 Å². The summed E-state index contributed by atoms with van der Waals surface area (Å²) in [7, 11) is 1.91. The molecule has 0 aromatic carbocycles. The second-order valence-electron chi connectivity index (χ2n) is 6.56. The molecule has 5 nitrogen and oxygen atoms in total. The second-order valence-corrected chi connectivity index (χ2v) is 6.56. The van der Waals surface area contributed by atoms with Crippen LogP contribution in [0.25, 0.3) is 0 Å². The van der Waals surface area contributed by atoms with Crippen LogP contribution in [0.5, 0.6) is 0 Å². The molecule has 5 heteroatoms. The summed E-state index contributed by atoms with van der Waals surface area (Å²) < 4.78 is 1.79. The number of aromatic nitrogens is 2. The topological polar surface area (TPSA) is 41.4 Å². The fraction of sp³-hybridized carbons (Fsp3) is 0.750. The molecule has 2 saturated heterocycles. The number of likely N-dealkylation sites (tertiary alicyclic amines) is 2. The molecule has 3 rings (SSSR count). The maximum atomic E-state index is 12.2. The highest BCUT2D eigenvalue weighted by atomic mass is 16.2. The van der Waals surface area contributed by atoms with Crippen molar-refractivity contribution in [2.45, 2.75) is 51.1 Å². The van der Waals surface area contributed by atoms with E-state index in [9.17, 15) is 4.79 Å². The van der Waals surface area contributed by atoms with Crippen LogP contribution in [0, 0.1) is 0 Å². The Balaban J connectivity index is 1.42. The lowest BCUT2D eigenvalue weighted by Gasteiger charge is -2.49. The van der Waals surface area contributed by atoms with Gasteiger partial charge < -0.3 is 4.90 Å². The lowest BCUT2D eigenvalue weighted by atomic mass is 9.97. The molecule has 2 fully saturated rings. The molecule has 0 N–H and O–H groups in total. The van der Waals surface area contributed by atoms with E-state index >= 15 is 0 Å². The summed E-state index contributed by atoms with van der Waals surface area (Å²) in [6.45, 7) is 5.39. The van der Waals surface area contributed by atoms with Gasteiger partial charge in [0.2, 0.25) is 5.91 Å². The molecule has 0 saturated carbocycles. The van der Waals surface area contributed by atoms with Gasteiger partial charge in [0.1, 0.15) is 0 Å². The van der Waals surface area contributed by atoms with Crippen molar-refractivity contribution in [3.63, 3.8) is 0 Å². The second kappa shape index (κ2) is 6.18. The van der Waals surface area contributed by atoms with E-state index in [2.05, 4.69) is 16.9 Å². The van der Waals surface area contributed by atoms with Gasteiger partial charge in [0.25, 0.3) is 0 Å². The summed E-state index contributed by atoms with van der Waals surface area (Å²) in [4.78, 5) is 16.8. The highest BCUT2D eigenvalue weighted by molar-refractivity contribution is 5.77. The minimum absolute atomic E-state index is 0.291. The van der Waals surface area contributed by atoms with Crippen LogP contribution in [0.2, 0.25) is 0 Å². The van der Waals surface area contributed by atoms with E-state index < -0.39 is 0 Å². The van der Waals surface area contributed by atoms with Crippen LogP contribution in [0.3, 0.4) is 0 Å². The first-order valence-electron chi connectivity index (χ1n) is 8.14. The average molecular weight is 290 g/mol. The van der Waals surface area contributed by atoms with Crippen molar-refractivity contribution >= 4 is 5.91 Å². The summed E-state index contributed by atoms with van der Waals surface area (Å²) in [5, 5.41) is 4.14. The molecule has 1 amide bonds. The lowest BCUT2D eigenvalue weighted by Crippen LogP contribution is -2.63. The molecule has 1 aromatic heterocycles. The molecule has 0 spiro atoms. The molecule has 2 aliphatic heterocycles. The van der Waals surface area contributed by atoms with Gasteiger partial charge in [-0.25, -0.2) is 0 Å². The van der Waals surface area contributed by atoms with Crippen LogP contribution in [0.15, 0.2) is 12.4 Å². The lowest BCUT2D eigenvalue weighted by molar-refractivity contribution is -0.139. The highest BCUT2D eigenvalue weighted by Crippen LogP contribution is 2.24. The number of aryl methyl sites for hydroxylation is 2. The molecule has 21 heavy (non-hydrogen) atoms. The number of rotatable bonds is 4. The quantitative estimate of drug-likeness (QED) is 0.842. The molecule has 1 aromatic rings. The van der Waals surface area contributed by atoms with Gasteiger partial charge in [0, 0.05) is 44.8 Å². The molecule has 116 valence electrons. The van der Waals surface area contributed by atoms with E-state index in [0.717, 1.165) is 25.1 Å². The fourth-order valence-electron chi connectivity index (χ4n) is 3.54. The maximum absolute atomic E-state index is 12.2. The average Bonchev–Trinajstić information content (AvgIpc) is 2.83. The minimum atomic E-state index is 0.291. The molecular formula is C16H26N4O. The Morgan fingerprint density at radius 1 is 1.38 bits per heavy atom. The first kappa shape index (κ1) is 14.6. The SMILES string of the molecule is C[C@@H]1CCCCN1C1CN(C(=O)CCc2cnn(C)c2)C1. The van der Waals surface area contributed by atoms with Gasteiger partial charge in [-0.3, -0.25) is 14.4 Å². The van der Waals surface area contributed by atoms with Crippen molar-refractivity contribution in [2.24, 2.45) is 7.05 Å². The number of nitrogens with zero attached hydrogens (tertiary/aromatic N) is 4. The Kier molecular flexibility index (Phi) is 4.29. The third-order valence-electron chi connectivity index (χ3n) is 4.92. The normalized spacial score (nSPS) is 24.1. The smallest absolute Gasteiger partial charge is 0.223 e. The van der Waals surface area contributed by atoms with Gasteiger partial charge in [0.05, 0.1) is 6.20 Å².